The van der Waals surface area contributed by atoms with Gasteiger partial charge < -0.3 is 5.11 Å². The Balaban J connectivity index is 1.77. The summed E-state index contributed by atoms with van der Waals surface area (Å²) in [6.45, 7) is 0. The third kappa shape index (κ3) is 2.39. The number of benzene rings is 1. The molecule has 5 rings (SSSR count). The molecule has 2 heterocycles. The highest BCUT2D eigenvalue weighted by atomic mass is 35.5. The maximum atomic E-state index is 13.3. The van der Waals surface area contributed by atoms with Crippen LogP contribution in [0.2, 0.25) is 5.02 Å². The smallest absolute Gasteiger partial charge is 0.253 e. The Kier molecular flexibility index (Phi) is 4.56. The zero-order valence-corrected chi connectivity index (χ0v) is 19.4. The SMILES string of the molecule is CN1C(=O)[C@H]2[C@H](CC=C3[C@H]2C[C@@]2(Cl)C(=O)N(C)C(=O)[C@@]2(Cl)[C@H]3c2ccc(O)cc2Cl)C1=O. The van der Waals surface area contributed by atoms with E-state index >= 15 is 0 Å². The third-order valence-electron chi connectivity index (χ3n) is 7.53. The number of nitrogens with zero attached hydrogens (tertiary/aromatic N) is 2. The fourth-order valence-corrected chi connectivity index (χ4v) is 7.29. The topological polar surface area (TPSA) is 95.0 Å². The Morgan fingerprint density at radius 1 is 1.00 bits per heavy atom. The highest BCUT2D eigenvalue weighted by molar-refractivity contribution is 6.53. The molecule has 1 N–H and O–H groups in total. The van der Waals surface area contributed by atoms with E-state index in [4.69, 9.17) is 34.8 Å². The molecule has 6 atom stereocenters. The van der Waals surface area contributed by atoms with Crippen molar-refractivity contribution in [2.75, 3.05) is 14.1 Å². The number of carbonyl (C=O) groups excluding carboxylic acids is 4. The fourth-order valence-electron chi connectivity index (χ4n) is 6.00. The molecular weight excluding hydrogens is 479 g/mol. The fraction of sp³-hybridized carbons (Fsp3) is 0.455. The van der Waals surface area contributed by atoms with Crippen LogP contribution in [0.4, 0.5) is 0 Å². The van der Waals surface area contributed by atoms with Gasteiger partial charge in [-0.25, -0.2) is 0 Å². The Bertz CT molecular complexity index is 1150. The number of alkyl halides is 2. The summed E-state index contributed by atoms with van der Waals surface area (Å²) >= 11 is 20.5. The summed E-state index contributed by atoms with van der Waals surface area (Å²) in [7, 11) is 2.77. The van der Waals surface area contributed by atoms with Gasteiger partial charge in [-0.1, -0.05) is 29.3 Å². The first kappa shape index (κ1) is 21.7. The van der Waals surface area contributed by atoms with Crippen LogP contribution in [0.15, 0.2) is 29.8 Å². The van der Waals surface area contributed by atoms with E-state index < -0.39 is 45.2 Å². The van der Waals surface area contributed by atoms with Crippen molar-refractivity contribution in [3.63, 3.8) is 0 Å². The van der Waals surface area contributed by atoms with E-state index in [0.29, 0.717) is 17.6 Å². The minimum Gasteiger partial charge on any atom is -0.508 e. The third-order valence-corrected chi connectivity index (χ3v) is 9.27. The lowest BCUT2D eigenvalue weighted by molar-refractivity contribution is -0.140. The first-order valence-corrected chi connectivity index (χ1v) is 11.3. The largest absolute Gasteiger partial charge is 0.508 e. The molecule has 10 heteroatoms. The number of aromatic hydroxyl groups is 1. The van der Waals surface area contributed by atoms with Gasteiger partial charge in [0.05, 0.1) is 11.8 Å². The molecule has 1 aromatic carbocycles. The number of phenolic OH excluding ortho intramolecular Hbond substituents is 1. The van der Waals surface area contributed by atoms with Crippen LogP contribution in [0.25, 0.3) is 0 Å². The van der Waals surface area contributed by atoms with Crippen LogP contribution in [0.3, 0.4) is 0 Å². The number of allylic oxidation sites excluding steroid dienone is 2. The van der Waals surface area contributed by atoms with Crippen LogP contribution in [0.5, 0.6) is 5.75 Å². The first-order valence-electron chi connectivity index (χ1n) is 10.1. The lowest BCUT2D eigenvalue weighted by atomic mass is 9.56. The summed E-state index contributed by atoms with van der Waals surface area (Å²) in [5, 5.41) is 10.00. The van der Waals surface area contributed by atoms with E-state index in [-0.39, 0.29) is 29.0 Å². The predicted molar refractivity (Wildman–Crippen MR) is 116 cm³/mol. The van der Waals surface area contributed by atoms with Crippen LogP contribution in [0.1, 0.15) is 24.3 Å². The number of carbonyl (C=O) groups is 4. The number of hydrogen-bond donors (Lipinski definition) is 1. The van der Waals surface area contributed by atoms with Crippen molar-refractivity contribution >= 4 is 58.4 Å². The number of phenols is 1. The van der Waals surface area contributed by atoms with Gasteiger partial charge in [-0.15, -0.1) is 23.2 Å². The van der Waals surface area contributed by atoms with Crippen molar-refractivity contribution in [1.29, 1.82) is 0 Å². The highest BCUT2D eigenvalue weighted by Gasteiger charge is 2.75. The molecule has 2 aliphatic heterocycles. The molecular formula is C22H19Cl3N2O5. The molecule has 0 aromatic heterocycles. The molecule has 0 bridgehead atoms. The minimum atomic E-state index is -1.88. The second kappa shape index (κ2) is 6.72. The Morgan fingerprint density at radius 2 is 1.69 bits per heavy atom. The molecule has 32 heavy (non-hydrogen) atoms. The van der Waals surface area contributed by atoms with E-state index in [0.717, 1.165) is 9.80 Å². The molecule has 1 saturated carbocycles. The van der Waals surface area contributed by atoms with Crippen molar-refractivity contribution in [3.8, 4) is 5.75 Å². The molecule has 3 fully saturated rings. The standard InChI is InChI=1S/C22H19Cl3N2O5/c1-26-17(29)12-6-5-10-13(15(12)18(26)30)8-21(24)19(31)27(2)20(32)22(21,25)16(10)11-4-3-9(28)7-14(11)23/h3-5,7,12-13,15-16,28H,6,8H2,1-2H3/t12-,13+,15-,16+,21+,22-/m0/s1. The molecule has 0 spiro atoms. The average Bonchev–Trinajstić information content (AvgIpc) is 3.04. The van der Waals surface area contributed by atoms with E-state index in [2.05, 4.69) is 0 Å². The molecule has 168 valence electrons. The monoisotopic (exact) mass is 496 g/mol. The van der Waals surface area contributed by atoms with Gasteiger partial charge in [0.1, 0.15) is 5.75 Å². The van der Waals surface area contributed by atoms with Gasteiger partial charge in [0.25, 0.3) is 11.8 Å². The summed E-state index contributed by atoms with van der Waals surface area (Å²) in [6, 6.07) is 4.28. The maximum Gasteiger partial charge on any atom is 0.253 e. The molecule has 2 aliphatic carbocycles. The average molecular weight is 498 g/mol. The summed E-state index contributed by atoms with van der Waals surface area (Å²) in [5.41, 5.74) is 1.08. The number of halogens is 3. The van der Waals surface area contributed by atoms with Crippen molar-refractivity contribution in [2.24, 2.45) is 17.8 Å². The maximum absolute atomic E-state index is 13.3. The lowest BCUT2D eigenvalue weighted by Crippen LogP contribution is -2.60. The molecule has 7 nitrogen and oxygen atoms in total. The number of imide groups is 2. The van der Waals surface area contributed by atoms with Crippen LogP contribution in [-0.2, 0) is 19.2 Å². The number of rotatable bonds is 1. The molecule has 2 saturated heterocycles. The van der Waals surface area contributed by atoms with Crippen LogP contribution >= 0.6 is 34.8 Å². The minimum absolute atomic E-state index is 0.0565. The summed E-state index contributed by atoms with van der Waals surface area (Å²) in [5.74, 6) is -4.73. The summed E-state index contributed by atoms with van der Waals surface area (Å²) in [4.78, 5) is 50.5. The van der Waals surface area contributed by atoms with Crippen LogP contribution in [0, 0.1) is 17.8 Å². The van der Waals surface area contributed by atoms with Gasteiger partial charge >= 0.3 is 0 Å². The normalized spacial score (nSPS) is 38.6. The molecule has 1 aromatic rings. The second-order valence-corrected chi connectivity index (χ2v) is 10.6. The Hall–Kier alpha value is -2.09. The number of likely N-dealkylation sites (tertiary alicyclic amines) is 2. The quantitative estimate of drug-likeness (QED) is 0.366. The zero-order chi connectivity index (χ0) is 23.3. The lowest BCUT2D eigenvalue weighted by Gasteiger charge is -2.51. The second-order valence-electron chi connectivity index (χ2n) is 8.94. The Morgan fingerprint density at radius 3 is 2.34 bits per heavy atom. The van der Waals surface area contributed by atoms with Gasteiger partial charge in [-0.2, -0.15) is 0 Å². The van der Waals surface area contributed by atoms with Gasteiger partial charge in [-0.3, -0.25) is 29.0 Å². The van der Waals surface area contributed by atoms with Gasteiger partial charge in [0.2, 0.25) is 11.8 Å². The number of hydrogen-bond acceptors (Lipinski definition) is 5. The summed E-state index contributed by atoms with van der Waals surface area (Å²) < 4.78 is 0. The van der Waals surface area contributed by atoms with E-state index in [1.807, 2.05) is 6.08 Å². The number of amides is 4. The van der Waals surface area contributed by atoms with Crippen molar-refractivity contribution in [1.82, 2.24) is 9.80 Å². The van der Waals surface area contributed by atoms with E-state index in [1.165, 1.54) is 26.2 Å². The van der Waals surface area contributed by atoms with E-state index in [1.54, 1.807) is 6.07 Å². The summed E-state index contributed by atoms with van der Waals surface area (Å²) in [6.07, 6.45) is 2.08. The molecule has 4 amide bonds. The molecule has 0 radical (unpaired) electrons. The first-order chi connectivity index (χ1) is 14.9. The predicted octanol–water partition coefficient (Wildman–Crippen LogP) is 2.66. The highest BCUT2D eigenvalue weighted by Crippen LogP contribution is 2.65. The molecule has 4 aliphatic rings. The zero-order valence-electron chi connectivity index (χ0n) is 17.1. The number of fused-ring (bicyclic) bond motifs is 4. The van der Waals surface area contributed by atoms with E-state index in [9.17, 15) is 24.3 Å². The van der Waals surface area contributed by atoms with Crippen LogP contribution < -0.4 is 0 Å². The van der Waals surface area contributed by atoms with Crippen LogP contribution in [-0.4, -0.2) is 62.4 Å². The van der Waals surface area contributed by atoms with Gasteiger partial charge in [-0.05, 0) is 36.5 Å². The molecule has 0 unspecified atom stereocenters. The van der Waals surface area contributed by atoms with Crippen molar-refractivity contribution in [2.45, 2.75) is 28.5 Å². The van der Waals surface area contributed by atoms with Crippen molar-refractivity contribution in [3.05, 3.63) is 40.4 Å². The van der Waals surface area contributed by atoms with Gasteiger partial charge in [0.15, 0.2) is 9.75 Å². The van der Waals surface area contributed by atoms with Crippen molar-refractivity contribution < 1.29 is 24.3 Å². The Labute approximate surface area is 198 Å². The van der Waals surface area contributed by atoms with Gasteiger partial charge in [0, 0.05) is 25.0 Å².